The molecule has 1 aromatic carbocycles. The molecule has 4 heteroatoms. The molecule has 0 saturated heterocycles. The van der Waals surface area contributed by atoms with E-state index in [-0.39, 0.29) is 6.54 Å². The molecule has 0 fully saturated rings. The third kappa shape index (κ3) is 5.05. The van der Waals surface area contributed by atoms with Crippen LogP contribution in [0.2, 0.25) is 0 Å². The molecule has 2 aromatic rings. The number of thiophene rings is 1. The molecule has 1 aromatic heterocycles. The van der Waals surface area contributed by atoms with Crippen LogP contribution in [0.5, 0.6) is 0 Å². The molecule has 0 bridgehead atoms. The highest BCUT2D eigenvalue weighted by Crippen LogP contribution is 2.27. The van der Waals surface area contributed by atoms with Crippen LogP contribution in [0.4, 0.5) is 0 Å². The number of hydrogen-bond acceptors (Lipinski definition) is 3. The molecule has 0 aliphatic rings. The second-order valence-corrected chi connectivity index (χ2v) is 6.78. The van der Waals surface area contributed by atoms with Gasteiger partial charge in [0.1, 0.15) is 0 Å². The molecular formula is C19H23NO2S. The summed E-state index contributed by atoms with van der Waals surface area (Å²) in [6, 6.07) is 10.7. The predicted octanol–water partition coefficient (Wildman–Crippen LogP) is 4.32. The minimum atomic E-state index is -0.806. The van der Waals surface area contributed by atoms with Gasteiger partial charge >= 0.3 is 5.97 Å². The molecule has 1 heterocycles. The minimum absolute atomic E-state index is 0.0414. The fourth-order valence-corrected chi connectivity index (χ4v) is 3.07. The molecule has 0 atom stereocenters. The number of benzene rings is 1. The second-order valence-electron chi connectivity index (χ2n) is 6.00. The Morgan fingerprint density at radius 2 is 1.91 bits per heavy atom. The van der Waals surface area contributed by atoms with Crippen LogP contribution in [0.3, 0.4) is 0 Å². The Morgan fingerprint density at radius 3 is 2.43 bits per heavy atom. The molecule has 0 aliphatic carbocycles. The van der Waals surface area contributed by atoms with Crippen molar-refractivity contribution >= 4 is 22.9 Å². The molecule has 0 radical (unpaired) electrons. The summed E-state index contributed by atoms with van der Waals surface area (Å²) in [5, 5.41) is 13.1. The first-order chi connectivity index (χ1) is 11.0. The Hall–Kier alpha value is -1.91. The highest BCUT2D eigenvalue weighted by Gasteiger charge is 2.08. The van der Waals surface area contributed by atoms with Crippen LogP contribution in [0.25, 0.3) is 5.57 Å². The molecule has 0 unspecified atom stereocenters. The summed E-state index contributed by atoms with van der Waals surface area (Å²) in [4.78, 5) is 12.6. The second kappa shape index (κ2) is 8.09. The lowest BCUT2D eigenvalue weighted by molar-refractivity contribution is -0.137. The van der Waals surface area contributed by atoms with Gasteiger partial charge < -0.3 is 5.11 Å². The first kappa shape index (κ1) is 17.4. The normalized spacial score (nSPS) is 12.1. The summed E-state index contributed by atoms with van der Waals surface area (Å²) in [6.45, 7) is 5.01. The zero-order valence-electron chi connectivity index (χ0n) is 13.8. The fourth-order valence-electron chi connectivity index (χ4n) is 2.41. The van der Waals surface area contributed by atoms with Crippen molar-refractivity contribution in [1.29, 1.82) is 0 Å². The SMILES string of the molecule is CC(C)c1ccc(/C(=C/CN(C)CC(=O)O)c2ccsc2)cc1. The smallest absolute Gasteiger partial charge is 0.317 e. The number of carboxylic acid groups (broad SMARTS) is 1. The third-order valence-electron chi connectivity index (χ3n) is 3.73. The Morgan fingerprint density at radius 1 is 1.22 bits per heavy atom. The highest BCUT2D eigenvalue weighted by atomic mass is 32.1. The van der Waals surface area contributed by atoms with Gasteiger partial charge in [-0.15, -0.1) is 0 Å². The van der Waals surface area contributed by atoms with Crippen LogP contribution < -0.4 is 0 Å². The average molecular weight is 329 g/mol. The molecule has 122 valence electrons. The Labute approximate surface area is 141 Å². The zero-order chi connectivity index (χ0) is 16.8. The van der Waals surface area contributed by atoms with Crippen LogP contribution in [0.15, 0.2) is 47.2 Å². The molecular weight excluding hydrogens is 306 g/mol. The Bertz CT molecular complexity index is 657. The van der Waals surface area contributed by atoms with E-state index in [1.807, 2.05) is 7.05 Å². The van der Waals surface area contributed by atoms with Gasteiger partial charge in [0.15, 0.2) is 0 Å². The maximum atomic E-state index is 10.8. The predicted molar refractivity (Wildman–Crippen MR) is 97.1 cm³/mol. The molecule has 3 nitrogen and oxygen atoms in total. The maximum absolute atomic E-state index is 10.8. The topological polar surface area (TPSA) is 40.5 Å². The van der Waals surface area contributed by atoms with E-state index < -0.39 is 5.97 Å². The van der Waals surface area contributed by atoms with E-state index in [1.165, 1.54) is 11.1 Å². The molecule has 1 N–H and O–H groups in total. The maximum Gasteiger partial charge on any atom is 0.317 e. The van der Waals surface area contributed by atoms with Crippen molar-refractivity contribution in [3.63, 3.8) is 0 Å². The van der Waals surface area contributed by atoms with Crippen molar-refractivity contribution in [2.24, 2.45) is 0 Å². The van der Waals surface area contributed by atoms with Crippen LogP contribution >= 0.6 is 11.3 Å². The lowest BCUT2D eigenvalue weighted by atomic mass is 9.96. The molecule has 2 rings (SSSR count). The number of nitrogens with zero attached hydrogens (tertiary/aromatic N) is 1. The standard InChI is InChI=1S/C19H23NO2S/c1-14(2)15-4-6-16(7-5-15)18(17-9-11-23-13-17)8-10-20(3)12-19(21)22/h4-9,11,13-14H,10,12H2,1-3H3,(H,21,22)/b18-8-. The van der Waals surface area contributed by atoms with E-state index in [9.17, 15) is 4.79 Å². The van der Waals surface area contributed by atoms with Crippen LogP contribution in [0, 0.1) is 0 Å². The number of carbonyl (C=O) groups is 1. The van der Waals surface area contributed by atoms with Gasteiger partial charge in [0, 0.05) is 6.54 Å². The van der Waals surface area contributed by atoms with Crippen molar-refractivity contribution in [3.8, 4) is 0 Å². The van der Waals surface area contributed by atoms with E-state index in [0.717, 1.165) is 11.1 Å². The number of aliphatic carboxylic acids is 1. The van der Waals surface area contributed by atoms with Gasteiger partial charge in [-0.25, -0.2) is 0 Å². The largest absolute Gasteiger partial charge is 0.480 e. The fraction of sp³-hybridized carbons (Fsp3) is 0.316. The van der Waals surface area contributed by atoms with Gasteiger partial charge in [-0.3, -0.25) is 9.69 Å². The van der Waals surface area contributed by atoms with Gasteiger partial charge in [-0.2, -0.15) is 11.3 Å². The van der Waals surface area contributed by atoms with Crippen molar-refractivity contribution in [3.05, 3.63) is 63.9 Å². The van der Waals surface area contributed by atoms with Crippen LogP contribution in [-0.2, 0) is 4.79 Å². The van der Waals surface area contributed by atoms with Gasteiger partial charge in [0.25, 0.3) is 0 Å². The third-order valence-corrected chi connectivity index (χ3v) is 4.42. The lowest BCUT2D eigenvalue weighted by Crippen LogP contribution is -2.25. The number of likely N-dealkylation sites (N-methyl/N-ethyl adjacent to an activating group) is 1. The van der Waals surface area contributed by atoms with Crippen molar-refractivity contribution < 1.29 is 9.90 Å². The van der Waals surface area contributed by atoms with Gasteiger partial charge in [0.2, 0.25) is 0 Å². The molecule has 0 amide bonds. The van der Waals surface area contributed by atoms with Crippen molar-refractivity contribution in [2.45, 2.75) is 19.8 Å². The lowest BCUT2D eigenvalue weighted by Gasteiger charge is -2.14. The quantitative estimate of drug-likeness (QED) is 0.822. The van der Waals surface area contributed by atoms with E-state index in [2.05, 4.69) is 61.0 Å². The van der Waals surface area contributed by atoms with Gasteiger partial charge in [-0.05, 0) is 52.1 Å². The van der Waals surface area contributed by atoms with Crippen LogP contribution in [0.1, 0.15) is 36.5 Å². The number of carboxylic acids is 1. The summed E-state index contributed by atoms with van der Waals surface area (Å²) >= 11 is 1.67. The van der Waals surface area contributed by atoms with Crippen molar-refractivity contribution in [2.75, 3.05) is 20.1 Å². The summed E-state index contributed by atoms with van der Waals surface area (Å²) in [5.41, 5.74) is 4.81. The van der Waals surface area contributed by atoms with Gasteiger partial charge in [-0.1, -0.05) is 44.2 Å². The summed E-state index contributed by atoms with van der Waals surface area (Å²) in [7, 11) is 1.82. The van der Waals surface area contributed by atoms with Crippen LogP contribution in [-0.4, -0.2) is 36.1 Å². The Balaban J connectivity index is 2.26. The molecule has 23 heavy (non-hydrogen) atoms. The molecule has 0 spiro atoms. The highest BCUT2D eigenvalue weighted by molar-refractivity contribution is 7.08. The molecule has 0 saturated carbocycles. The monoisotopic (exact) mass is 329 g/mol. The zero-order valence-corrected chi connectivity index (χ0v) is 14.6. The minimum Gasteiger partial charge on any atom is -0.480 e. The summed E-state index contributed by atoms with van der Waals surface area (Å²) in [5.74, 6) is -0.293. The number of hydrogen-bond donors (Lipinski definition) is 1. The van der Waals surface area contributed by atoms with E-state index >= 15 is 0 Å². The Kier molecular flexibility index (Phi) is 6.13. The first-order valence-corrected chi connectivity index (χ1v) is 8.65. The van der Waals surface area contributed by atoms with Gasteiger partial charge in [0.05, 0.1) is 6.54 Å². The molecule has 0 aliphatic heterocycles. The van der Waals surface area contributed by atoms with Crippen molar-refractivity contribution in [1.82, 2.24) is 4.90 Å². The number of rotatable bonds is 7. The average Bonchev–Trinajstić information content (AvgIpc) is 3.01. The summed E-state index contributed by atoms with van der Waals surface area (Å²) < 4.78 is 0. The summed E-state index contributed by atoms with van der Waals surface area (Å²) in [6.07, 6.45) is 2.11. The van der Waals surface area contributed by atoms with E-state index in [0.29, 0.717) is 12.5 Å². The van der Waals surface area contributed by atoms with E-state index in [1.54, 1.807) is 16.2 Å². The first-order valence-electron chi connectivity index (χ1n) is 7.70. The van der Waals surface area contributed by atoms with E-state index in [4.69, 9.17) is 5.11 Å².